The Hall–Kier alpha value is -3.76. The van der Waals surface area contributed by atoms with Crippen LogP contribution in [-0.4, -0.2) is 54.4 Å². The van der Waals surface area contributed by atoms with Crippen LogP contribution in [-0.2, 0) is 32.0 Å². The Morgan fingerprint density at radius 2 is 1.74 bits per heavy atom. The number of nitrogens with one attached hydrogen (secondary N) is 2. The maximum absolute atomic E-state index is 12.3. The van der Waals surface area contributed by atoms with E-state index >= 15 is 0 Å². The van der Waals surface area contributed by atoms with E-state index in [2.05, 4.69) is 39.9 Å². The highest BCUT2D eigenvalue weighted by Gasteiger charge is 2.29. The molecule has 0 radical (unpaired) electrons. The SMILES string of the molecule is COC[C@H](NC(=O)Cc1csc(CNC(=O)OCC2c3ccccc3-c3ccccc32)n1)C(=O)O. The summed E-state index contributed by atoms with van der Waals surface area (Å²) in [6, 6.07) is 15.1. The summed E-state index contributed by atoms with van der Waals surface area (Å²) in [6.45, 7) is 0.243. The molecule has 4 rings (SSSR count). The molecule has 10 heteroatoms. The second-order valence-electron chi connectivity index (χ2n) is 8.00. The monoisotopic (exact) mass is 495 g/mol. The van der Waals surface area contributed by atoms with Crippen LogP contribution in [0.15, 0.2) is 53.9 Å². The van der Waals surface area contributed by atoms with Crippen molar-refractivity contribution in [2.45, 2.75) is 24.9 Å². The van der Waals surface area contributed by atoms with Crippen LogP contribution < -0.4 is 10.6 Å². The molecule has 3 N–H and O–H groups in total. The van der Waals surface area contributed by atoms with Crippen molar-refractivity contribution >= 4 is 29.3 Å². The van der Waals surface area contributed by atoms with Crippen molar-refractivity contribution in [2.75, 3.05) is 20.3 Å². The molecule has 1 heterocycles. The Kier molecular flexibility index (Phi) is 7.74. The summed E-state index contributed by atoms with van der Waals surface area (Å²) in [6.07, 6.45) is -0.625. The molecule has 1 aliphatic rings. The summed E-state index contributed by atoms with van der Waals surface area (Å²) in [5.41, 5.74) is 5.08. The van der Waals surface area contributed by atoms with E-state index < -0.39 is 24.0 Å². The van der Waals surface area contributed by atoms with Gasteiger partial charge in [0.15, 0.2) is 6.04 Å². The van der Waals surface area contributed by atoms with E-state index in [4.69, 9.17) is 14.6 Å². The molecule has 182 valence electrons. The standard InChI is InChI=1S/C25H25N3O6S/c1-33-13-21(24(30)31)28-22(29)10-15-14-35-23(27-15)11-26-25(32)34-12-20-18-8-4-2-6-16(18)17-7-3-5-9-19(17)20/h2-9,14,20-21H,10-13H2,1H3,(H,26,32)(H,28,29)(H,30,31)/t21-/m0/s1. The number of amides is 2. The zero-order chi connectivity index (χ0) is 24.8. The first-order chi connectivity index (χ1) is 17.0. The van der Waals surface area contributed by atoms with E-state index in [9.17, 15) is 14.4 Å². The van der Waals surface area contributed by atoms with Crippen molar-refractivity contribution in [3.05, 3.63) is 75.7 Å². The van der Waals surface area contributed by atoms with Crippen molar-refractivity contribution in [3.8, 4) is 11.1 Å². The third kappa shape index (κ3) is 5.84. The van der Waals surface area contributed by atoms with Crippen LogP contribution in [0.1, 0.15) is 27.7 Å². The normalized spacial score (nSPS) is 12.9. The van der Waals surface area contributed by atoms with Gasteiger partial charge in [-0.05, 0) is 22.3 Å². The number of benzene rings is 2. The number of aliphatic carboxylic acids is 1. The number of hydrogen-bond acceptors (Lipinski definition) is 7. The van der Waals surface area contributed by atoms with Crippen LogP contribution >= 0.6 is 11.3 Å². The molecule has 0 saturated heterocycles. The van der Waals surface area contributed by atoms with Gasteiger partial charge in [0.25, 0.3) is 0 Å². The fourth-order valence-corrected chi connectivity index (χ4v) is 4.79. The number of carbonyl (C=O) groups is 3. The number of thiazole rings is 1. The van der Waals surface area contributed by atoms with E-state index in [-0.39, 0.29) is 32.1 Å². The minimum Gasteiger partial charge on any atom is -0.480 e. The highest BCUT2D eigenvalue weighted by molar-refractivity contribution is 7.09. The summed E-state index contributed by atoms with van der Waals surface area (Å²) >= 11 is 1.29. The Morgan fingerprint density at radius 3 is 2.37 bits per heavy atom. The molecule has 1 aromatic heterocycles. The number of hydrogen-bond donors (Lipinski definition) is 3. The fraction of sp³-hybridized carbons (Fsp3) is 0.280. The van der Waals surface area contributed by atoms with Gasteiger partial charge in [0.1, 0.15) is 11.6 Å². The fourth-order valence-electron chi connectivity index (χ4n) is 4.06. The van der Waals surface area contributed by atoms with Gasteiger partial charge in [0.2, 0.25) is 5.91 Å². The molecule has 2 aromatic carbocycles. The average molecular weight is 496 g/mol. The van der Waals surface area contributed by atoms with Gasteiger partial charge in [0, 0.05) is 18.4 Å². The number of ether oxygens (including phenoxy) is 2. The number of rotatable bonds is 10. The van der Waals surface area contributed by atoms with Crippen molar-refractivity contribution in [1.29, 1.82) is 0 Å². The third-order valence-electron chi connectivity index (χ3n) is 5.64. The Bertz CT molecular complexity index is 1180. The lowest BCUT2D eigenvalue weighted by Crippen LogP contribution is -2.44. The van der Waals surface area contributed by atoms with Crippen molar-refractivity contribution in [3.63, 3.8) is 0 Å². The van der Waals surface area contributed by atoms with E-state index in [1.165, 1.54) is 18.4 Å². The predicted octanol–water partition coefficient (Wildman–Crippen LogP) is 2.94. The molecule has 3 aromatic rings. The highest BCUT2D eigenvalue weighted by atomic mass is 32.1. The molecule has 0 spiro atoms. The van der Waals surface area contributed by atoms with Crippen LogP contribution in [0.25, 0.3) is 11.1 Å². The van der Waals surface area contributed by atoms with Gasteiger partial charge in [-0.25, -0.2) is 14.6 Å². The van der Waals surface area contributed by atoms with Gasteiger partial charge in [-0.2, -0.15) is 0 Å². The number of aromatic nitrogens is 1. The molecule has 0 bridgehead atoms. The quantitative estimate of drug-likeness (QED) is 0.395. The highest BCUT2D eigenvalue weighted by Crippen LogP contribution is 2.44. The van der Waals surface area contributed by atoms with Crippen LogP contribution in [0.2, 0.25) is 0 Å². The molecule has 0 fully saturated rings. The Labute approximate surface area is 206 Å². The van der Waals surface area contributed by atoms with Gasteiger partial charge in [-0.3, -0.25) is 4.79 Å². The maximum Gasteiger partial charge on any atom is 0.407 e. The molecule has 0 unspecified atom stereocenters. The first-order valence-corrected chi connectivity index (χ1v) is 11.9. The van der Waals surface area contributed by atoms with Gasteiger partial charge >= 0.3 is 12.1 Å². The summed E-state index contributed by atoms with van der Waals surface area (Å²) in [5.74, 6) is -1.67. The number of carboxylic acid groups (broad SMARTS) is 1. The van der Waals surface area contributed by atoms with E-state index in [1.807, 2.05) is 24.3 Å². The zero-order valence-corrected chi connectivity index (χ0v) is 19.8. The number of alkyl carbamates (subject to hydrolysis) is 1. The second-order valence-corrected chi connectivity index (χ2v) is 8.94. The average Bonchev–Trinajstić information content (AvgIpc) is 3.43. The van der Waals surface area contributed by atoms with Crippen molar-refractivity contribution in [2.24, 2.45) is 0 Å². The van der Waals surface area contributed by atoms with Gasteiger partial charge in [0.05, 0.1) is 25.3 Å². The second kappa shape index (κ2) is 11.1. The third-order valence-corrected chi connectivity index (χ3v) is 6.53. The van der Waals surface area contributed by atoms with E-state index in [0.717, 1.165) is 22.3 Å². The van der Waals surface area contributed by atoms with Crippen LogP contribution in [0.5, 0.6) is 0 Å². The molecule has 1 atom stereocenters. The van der Waals surface area contributed by atoms with Crippen LogP contribution in [0.4, 0.5) is 4.79 Å². The van der Waals surface area contributed by atoms with Gasteiger partial charge in [-0.1, -0.05) is 48.5 Å². The van der Waals surface area contributed by atoms with Crippen LogP contribution in [0, 0.1) is 0 Å². The lowest BCUT2D eigenvalue weighted by molar-refractivity contribution is -0.143. The number of nitrogens with zero attached hydrogens (tertiary/aromatic N) is 1. The predicted molar refractivity (Wildman–Crippen MR) is 129 cm³/mol. The first-order valence-electron chi connectivity index (χ1n) is 11.0. The molecule has 1 aliphatic carbocycles. The van der Waals surface area contributed by atoms with E-state index in [0.29, 0.717) is 10.7 Å². The molecule has 0 aliphatic heterocycles. The van der Waals surface area contributed by atoms with Crippen molar-refractivity contribution < 1.29 is 29.0 Å². The van der Waals surface area contributed by atoms with Gasteiger partial charge in [-0.15, -0.1) is 11.3 Å². The maximum atomic E-state index is 12.3. The molecule has 0 saturated carbocycles. The number of carboxylic acids is 1. The Balaban J connectivity index is 1.27. The Morgan fingerprint density at radius 1 is 1.09 bits per heavy atom. The smallest absolute Gasteiger partial charge is 0.407 e. The molecular formula is C25H25N3O6S. The van der Waals surface area contributed by atoms with Gasteiger partial charge < -0.3 is 25.2 Å². The largest absolute Gasteiger partial charge is 0.480 e. The summed E-state index contributed by atoms with van der Waals surface area (Å²) in [4.78, 5) is 39.9. The first kappa shape index (κ1) is 24.4. The van der Waals surface area contributed by atoms with E-state index in [1.54, 1.807) is 5.38 Å². The molecular weight excluding hydrogens is 470 g/mol. The lowest BCUT2D eigenvalue weighted by Gasteiger charge is -2.14. The summed E-state index contributed by atoms with van der Waals surface area (Å²) < 4.78 is 10.3. The summed E-state index contributed by atoms with van der Waals surface area (Å²) in [5, 5.41) is 16.5. The minimum atomic E-state index is -1.17. The minimum absolute atomic E-state index is 0.0223. The molecule has 9 nitrogen and oxygen atoms in total. The lowest BCUT2D eigenvalue weighted by atomic mass is 9.98. The van der Waals surface area contributed by atoms with Crippen LogP contribution in [0.3, 0.4) is 0 Å². The van der Waals surface area contributed by atoms with Crippen molar-refractivity contribution in [1.82, 2.24) is 15.6 Å². The zero-order valence-electron chi connectivity index (χ0n) is 19.0. The summed E-state index contributed by atoms with van der Waals surface area (Å²) in [7, 11) is 1.36. The number of methoxy groups -OCH3 is 1. The number of carbonyl (C=O) groups excluding carboxylic acids is 2. The molecule has 35 heavy (non-hydrogen) atoms. The topological polar surface area (TPSA) is 127 Å². The molecule has 2 amide bonds. The number of fused-ring (bicyclic) bond motifs is 3.